The minimum Gasteiger partial charge on any atom is -0.0688 e. The number of fused-ring (bicyclic) bond motifs is 5. The summed E-state index contributed by atoms with van der Waals surface area (Å²) in [6.07, 6.45) is 6.99. The number of allylic oxidation sites excluding steroid dienone is 4. The summed E-state index contributed by atoms with van der Waals surface area (Å²) in [6.45, 7) is 18.9. The molecule has 9 rings (SSSR count). The van der Waals surface area contributed by atoms with Crippen molar-refractivity contribution >= 4 is 32.7 Å². The Kier molecular flexibility index (Phi) is 7.93. The van der Waals surface area contributed by atoms with Gasteiger partial charge >= 0.3 is 0 Å². The molecule has 53 heavy (non-hydrogen) atoms. The molecule has 0 nitrogen and oxygen atoms in total. The minimum atomic E-state index is 0.269. The van der Waals surface area contributed by atoms with E-state index < -0.39 is 0 Å². The first-order chi connectivity index (χ1) is 25.7. The molecule has 260 valence electrons. The highest BCUT2D eigenvalue weighted by molar-refractivity contribution is 6.24. The van der Waals surface area contributed by atoms with Gasteiger partial charge in [-0.25, -0.2) is 0 Å². The van der Waals surface area contributed by atoms with Gasteiger partial charge in [0.25, 0.3) is 0 Å². The van der Waals surface area contributed by atoms with Crippen LogP contribution in [0.15, 0.2) is 115 Å². The highest BCUT2D eigenvalue weighted by Gasteiger charge is 2.31. The summed E-state index contributed by atoms with van der Waals surface area (Å²) < 4.78 is 0. The fourth-order valence-electron chi connectivity index (χ4n) is 9.82. The Hall–Kier alpha value is -5.46. The quantitative estimate of drug-likeness (QED) is 0.162. The zero-order valence-corrected chi connectivity index (χ0v) is 32.5. The number of aryl methyl sites for hydroxylation is 4. The highest BCUT2D eigenvalue weighted by Crippen LogP contribution is 2.54. The lowest BCUT2D eigenvalue weighted by molar-refractivity contribution is 0.872. The van der Waals surface area contributed by atoms with Gasteiger partial charge in [-0.2, -0.15) is 0 Å². The minimum absolute atomic E-state index is 0.269. The topological polar surface area (TPSA) is 0 Å². The third-order valence-electron chi connectivity index (χ3n) is 13.3. The zero-order valence-electron chi connectivity index (χ0n) is 32.5. The largest absolute Gasteiger partial charge is 0.0688 e. The van der Waals surface area contributed by atoms with Gasteiger partial charge in [-0.3, -0.25) is 0 Å². The maximum Gasteiger partial charge on any atom is 0.00678 e. The Bertz CT molecular complexity index is 2630. The third kappa shape index (κ3) is 5.03. The first-order valence-electron chi connectivity index (χ1n) is 19.3. The molecule has 0 radical (unpaired) electrons. The van der Waals surface area contributed by atoms with Crippen molar-refractivity contribution < 1.29 is 0 Å². The molecule has 1 atom stereocenters. The van der Waals surface area contributed by atoms with Gasteiger partial charge in [0.1, 0.15) is 0 Å². The maximum atomic E-state index is 2.53. The van der Waals surface area contributed by atoms with Crippen LogP contribution in [0, 0.1) is 55.4 Å². The Morgan fingerprint density at radius 3 is 1.51 bits per heavy atom. The number of hydrogen-bond donors (Lipinski definition) is 0. The summed E-state index contributed by atoms with van der Waals surface area (Å²) in [4.78, 5) is 0. The van der Waals surface area contributed by atoms with E-state index in [1.807, 2.05) is 0 Å². The summed E-state index contributed by atoms with van der Waals surface area (Å²) in [5.41, 5.74) is 26.5. The van der Waals surface area contributed by atoms with E-state index in [9.17, 15) is 0 Å². The monoisotopic (exact) mass is 684 g/mol. The predicted octanol–water partition coefficient (Wildman–Crippen LogP) is 14.4. The van der Waals surface area contributed by atoms with Gasteiger partial charge in [-0.05, 0) is 196 Å². The standard InChI is InChI=1S/C53H48/c1-30-32(3)36(7)49-47(34(30)5)52(44-28-42(38-18-11-9-12-19-38)27-43(29-44)39-20-13-10-14-21-39)48-35(6)31(2)33(4)37(8)50(48)53(49)46-25-17-23-41-26-40-22-15-16-24-45(40)51(41)46/h9-25,27-28,43H,26,29H2,1-8H3. The molecule has 0 N–H and O–H groups in total. The van der Waals surface area contributed by atoms with Crippen LogP contribution in [0.25, 0.3) is 54.9 Å². The fraction of sp³-hybridized carbons (Fsp3) is 0.208. The van der Waals surface area contributed by atoms with Crippen LogP contribution in [0.1, 0.15) is 84.7 Å². The van der Waals surface area contributed by atoms with Crippen molar-refractivity contribution in [3.05, 3.63) is 188 Å². The zero-order chi connectivity index (χ0) is 36.7. The van der Waals surface area contributed by atoms with Crippen LogP contribution in [-0.4, -0.2) is 0 Å². The van der Waals surface area contributed by atoms with Gasteiger partial charge in [0, 0.05) is 5.92 Å². The molecule has 7 aromatic rings. The Labute approximate surface area is 315 Å². The Morgan fingerprint density at radius 1 is 0.415 bits per heavy atom. The average Bonchev–Trinajstić information content (AvgIpc) is 3.59. The van der Waals surface area contributed by atoms with Gasteiger partial charge < -0.3 is 0 Å². The second kappa shape index (κ2) is 12.6. The molecule has 0 heterocycles. The van der Waals surface area contributed by atoms with Gasteiger partial charge in [0.15, 0.2) is 0 Å². The second-order valence-electron chi connectivity index (χ2n) is 15.8. The molecule has 2 aliphatic rings. The summed E-state index contributed by atoms with van der Waals surface area (Å²) in [6, 6.07) is 38.3. The van der Waals surface area contributed by atoms with E-state index in [0.717, 1.165) is 12.8 Å². The smallest absolute Gasteiger partial charge is 0.00678 e. The van der Waals surface area contributed by atoms with E-state index >= 15 is 0 Å². The molecule has 0 saturated carbocycles. The van der Waals surface area contributed by atoms with Crippen LogP contribution in [0.4, 0.5) is 0 Å². The first-order valence-corrected chi connectivity index (χ1v) is 19.3. The summed E-state index contributed by atoms with van der Waals surface area (Å²) in [7, 11) is 0. The molecule has 7 aromatic carbocycles. The molecule has 0 amide bonds. The van der Waals surface area contributed by atoms with E-state index in [2.05, 4.69) is 171 Å². The van der Waals surface area contributed by atoms with Crippen LogP contribution in [0.2, 0.25) is 0 Å². The van der Waals surface area contributed by atoms with E-state index in [4.69, 9.17) is 0 Å². The van der Waals surface area contributed by atoms with Crippen LogP contribution < -0.4 is 0 Å². The maximum absolute atomic E-state index is 2.53. The molecule has 0 fully saturated rings. The normalized spacial score (nSPS) is 15.1. The van der Waals surface area contributed by atoms with Crippen molar-refractivity contribution in [2.24, 2.45) is 0 Å². The van der Waals surface area contributed by atoms with E-state index in [1.165, 1.54) is 127 Å². The molecule has 2 aliphatic carbocycles. The van der Waals surface area contributed by atoms with Crippen molar-refractivity contribution in [3.63, 3.8) is 0 Å². The van der Waals surface area contributed by atoms with Gasteiger partial charge in [0.2, 0.25) is 0 Å². The molecule has 0 saturated heterocycles. The molecule has 0 aliphatic heterocycles. The van der Waals surface area contributed by atoms with Crippen LogP contribution >= 0.6 is 0 Å². The van der Waals surface area contributed by atoms with Crippen molar-refractivity contribution in [2.45, 2.75) is 74.1 Å². The lowest BCUT2D eigenvalue weighted by atomic mass is 9.73. The number of rotatable bonds is 4. The summed E-state index contributed by atoms with van der Waals surface area (Å²) in [5, 5.41) is 5.69. The lowest BCUT2D eigenvalue weighted by Gasteiger charge is -2.30. The predicted molar refractivity (Wildman–Crippen MR) is 229 cm³/mol. The van der Waals surface area contributed by atoms with Gasteiger partial charge in [0.05, 0.1) is 0 Å². The van der Waals surface area contributed by atoms with Crippen LogP contribution in [-0.2, 0) is 6.42 Å². The van der Waals surface area contributed by atoms with E-state index in [1.54, 1.807) is 0 Å². The van der Waals surface area contributed by atoms with Crippen LogP contribution in [0.3, 0.4) is 0 Å². The molecule has 1 unspecified atom stereocenters. The van der Waals surface area contributed by atoms with E-state index in [-0.39, 0.29) is 5.92 Å². The van der Waals surface area contributed by atoms with Crippen molar-refractivity contribution in [2.75, 3.05) is 0 Å². The molecule has 0 aromatic heterocycles. The fourth-order valence-corrected chi connectivity index (χ4v) is 9.82. The molecular weight excluding hydrogens is 637 g/mol. The highest BCUT2D eigenvalue weighted by atomic mass is 14.3. The Balaban J connectivity index is 1.49. The summed E-state index contributed by atoms with van der Waals surface area (Å²) in [5.74, 6) is 0.269. The summed E-state index contributed by atoms with van der Waals surface area (Å²) >= 11 is 0. The number of benzene rings is 7. The second-order valence-corrected chi connectivity index (χ2v) is 15.8. The van der Waals surface area contributed by atoms with Crippen LogP contribution in [0.5, 0.6) is 0 Å². The molecule has 0 spiro atoms. The van der Waals surface area contributed by atoms with Gasteiger partial charge in [-0.15, -0.1) is 0 Å². The molecule has 0 heteroatoms. The number of hydrogen-bond acceptors (Lipinski definition) is 0. The third-order valence-corrected chi connectivity index (χ3v) is 13.3. The average molecular weight is 685 g/mol. The molecular formula is C53H48. The lowest BCUT2D eigenvalue weighted by Crippen LogP contribution is -2.09. The van der Waals surface area contributed by atoms with Crippen molar-refractivity contribution in [1.82, 2.24) is 0 Å². The van der Waals surface area contributed by atoms with Crippen molar-refractivity contribution in [3.8, 4) is 22.3 Å². The van der Waals surface area contributed by atoms with Crippen molar-refractivity contribution in [1.29, 1.82) is 0 Å². The van der Waals surface area contributed by atoms with Gasteiger partial charge in [-0.1, -0.05) is 115 Å². The Morgan fingerprint density at radius 2 is 0.906 bits per heavy atom. The first kappa shape index (κ1) is 33.4. The van der Waals surface area contributed by atoms with E-state index in [0.29, 0.717) is 0 Å². The SMILES string of the molecule is Cc1c(C)c(C)c2c(-c3cccc4c3-c3ccccc3C4)c3c(C)c(C)c(C)c(C)c3c(C3=CC(c4ccccc4)=CC(c4ccccc4)C3)c2c1C. The molecule has 0 bridgehead atoms.